The molecular weight excluding hydrogens is 262 g/mol. The number of phenolic OH excluding ortho intramolecular Hbond substituents is 1. The van der Waals surface area contributed by atoms with Crippen molar-refractivity contribution in [2.24, 2.45) is 0 Å². The quantitative estimate of drug-likeness (QED) is 0.484. The van der Waals surface area contributed by atoms with Gasteiger partial charge < -0.3 is 25.5 Å². The first kappa shape index (κ1) is 20.7. The lowest BCUT2D eigenvalue weighted by Crippen LogP contribution is -2.32. The molecule has 6 heteroatoms. The fourth-order valence-corrected chi connectivity index (χ4v) is 1.19. The second-order valence-corrected chi connectivity index (χ2v) is 3.53. The highest BCUT2D eigenvalue weighted by atomic mass is 16.3. The van der Waals surface area contributed by atoms with Crippen LogP contribution in [-0.2, 0) is 0 Å². The molecule has 0 heterocycles. The first-order valence-electron chi connectivity index (χ1n) is 6.20. The van der Waals surface area contributed by atoms with Gasteiger partial charge in [0.05, 0.1) is 26.1 Å². The molecule has 116 valence electrons. The number of rotatable bonds is 6. The molecule has 1 aromatic rings. The third-order valence-electron chi connectivity index (χ3n) is 2.00. The number of aromatic hydroxyl groups is 1. The van der Waals surface area contributed by atoms with Crippen LogP contribution in [0.1, 0.15) is 0 Å². The zero-order chi connectivity index (χ0) is 15.6. The number of para-hydroxylation sites is 1. The maximum Gasteiger partial charge on any atom is 0.115 e. The molecule has 20 heavy (non-hydrogen) atoms. The zero-order valence-electron chi connectivity index (χ0n) is 11.6. The molecule has 0 aliphatic heterocycles. The Morgan fingerprint density at radius 1 is 0.900 bits per heavy atom. The maximum atomic E-state index is 8.63. The minimum Gasteiger partial charge on any atom is -0.516 e. The molecule has 0 fully saturated rings. The fourth-order valence-electron chi connectivity index (χ4n) is 1.19. The van der Waals surface area contributed by atoms with Crippen LogP contribution in [0, 0.1) is 0 Å². The SMILES string of the molecule is C=CO.OCCN(CCO)CCO.Oc1ccccc1. The summed E-state index contributed by atoms with van der Waals surface area (Å²) in [6.45, 7) is 4.67. The van der Waals surface area contributed by atoms with E-state index in [2.05, 4.69) is 6.58 Å². The van der Waals surface area contributed by atoms with Crippen LogP contribution in [0.4, 0.5) is 0 Å². The van der Waals surface area contributed by atoms with Crippen molar-refractivity contribution in [1.82, 2.24) is 4.90 Å². The van der Waals surface area contributed by atoms with Crippen LogP contribution in [0.15, 0.2) is 43.2 Å². The van der Waals surface area contributed by atoms with Gasteiger partial charge >= 0.3 is 0 Å². The topological polar surface area (TPSA) is 104 Å². The van der Waals surface area contributed by atoms with Crippen molar-refractivity contribution in [1.29, 1.82) is 0 Å². The number of aliphatic hydroxyl groups excluding tert-OH is 4. The summed E-state index contributed by atoms with van der Waals surface area (Å²) in [5.41, 5.74) is 0. The Labute approximate surface area is 119 Å². The van der Waals surface area contributed by atoms with Gasteiger partial charge in [-0.25, -0.2) is 0 Å². The third kappa shape index (κ3) is 16.4. The number of aliphatic hydroxyl groups is 4. The van der Waals surface area contributed by atoms with E-state index in [1.54, 1.807) is 29.2 Å². The Kier molecular flexibility index (Phi) is 18.0. The second kappa shape index (κ2) is 17.4. The summed E-state index contributed by atoms with van der Waals surface area (Å²) >= 11 is 0. The Morgan fingerprint density at radius 3 is 1.45 bits per heavy atom. The summed E-state index contributed by atoms with van der Waals surface area (Å²) in [4.78, 5) is 1.79. The highest BCUT2D eigenvalue weighted by Crippen LogP contribution is 2.02. The largest absolute Gasteiger partial charge is 0.516 e. The first-order valence-corrected chi connectivity index (χ1v) is 6.20. The van der Waals surface area contributed by atoms with Crippen LogP contribution in [-0.4, -0.2) is 69.9 Å². The summed E-state index contributed by atoms with van der Waals surface area (Å²) in [7, 11) is 0. The van der Waals surface area contributed by atoms with Crippen molar-refractivity contribution >= 4 is 0 Å². The van der Waals surface area contributed by atoms with Gasteiger partial charge in [-0.15, -0.1) is 0 Å². The van der Waals surface area contributed by atoms with E-state index >= 15 is 0 Å². The summed E-state index contributed by atoms with van der Waals surface area (Å²) in [5, 5.41) is 41.4. The number of nitrogens with zero attached hydrogens (tertiary/aromatic N) is 1. The molecule has 5 N–H and O–H groups in total. The van der Waals surface area contributed by atoms with E-state index in [4.69, 9.17) is 25.5 Å². The van der Waals surface area contributed by atoms with Gasteiger partial charge in [-0.3, -0.25) is 4.90 Å². The summed E-state index contributed by atoms with van der Waals surface area (Å²) < 4.78 is 0. The monoisotopic (exact) mass is 287 g/mol. The Hall–Kier alpha value is -1.60. The fraction of sp³-hybridized carbons (Fsp3) is 0.429. The van der Waals surface area contributed by atoms with Crippen LogP contribution in [0.5, 0.6) is 5.75 Å². The molecule has 0 aromatic heterocycles. The van der Waals surface area contributed by atoms with Crippen molar-refractivity contribution in [3.05, 3.63) is 43.2 Å². The second-order valence-electron chi connectivity index (χ2n) is 3.53. The normalized spacial score (nSPS) is 9.00. The van der Waals surface area contributed by atoms with E-state index in [0.717, 1.165) is 6.26 Å². The molecule has 0 saturated heterocycles. The maximum absolute atomic E-state index is 8.63. The molecule has 0 amide bonds. The zero-order valence-corrected chi connectivity index (χ0v) is 11.6. The molecule has 0 spiro atoms. The van der Waals surface area contributed by atoms with Crippen molar-refractivity contribution in [3.8, 4) is 5.75 Å². The molecule has 0 aliphatic rings. The molecule has 1 aromatic carbocycles. The van der Waals surface area contributed by atoms with Gasteiger partial charge in [0.25, 0.3) is 0 Å². The molecule has 1 rings (SSSR count). The van der Waals surface area contributed by atoms with Crippen LogP contribution >= 0.6 is 0 Å². The Bertz CT molecular complexity index is 281. The molecule has 0 aliphatic carbocycles. The Morgan fingerprint density at radius 2 is 1.25 bits per heavy atom. The van der Waals surface area contributed by atoms with Crippen LogP contribution in [0.2, 0.25) is 0 Å². The van der Waals surface area contributed by atoms with Gasteiger partial charge in [-0.2, -0.15) is 0 Å². The number of hydrogen-bond donors (Lipinski definition) is 5. The highest BCUT2D eigenvalue weighted by Gasteiger charge is 2.00. The third-order valence-corrected chi connectivity index (χ3v) is 2.00. The molecule has 0 atom stereocenters. The van der Waals surface area contributed by atoms with Crippen molar-refractivity contribution in [3.63, 3.8) is 0 Å². The number of benzene rings is 1. The van der Waals surface area contributed by atoms with Crippen molar-refractivity contribution in [2.75, 3.05) is 39.5 Å². The molecule has 0 bridgehead atoms. The van der Waals surface area contributed by atoms with E-state index in [0.29, 0.717) is 25.4 Å². The van der Waals surface area contributed by atoms with Crippen molar-refractivity contribution < 1.29 is 25.5 Å². The minimum absolute atomic E-state index is 0.0694. The average molecular weight is 287 g/mol. The first-order chi connectivity index (χ1) is 9.65. The van der Waals surface area contributed by atoms with Gasteiger partial charge in [0.15, 0.2) is 0 Å². The minimum atomic E-state index is 0.0694. The lowest BCUT2D eigenvalue weighted by atomic mass is 10.3. The molecular formula is C14H25NO5. The van der Waals surface area contributed by atoms with E-state index in [1.165, 1.54) is 0 Å². The number of phenols is 1. The highest BCUT2D eigenvalue weighted by molar-refractivity contribution is 5.18. The summed E-state index contributed by atoms with van der Waals surface area (Å²) in [6, 6.07) is 8.71. The van der Waals surface area contributed by atoms with E-state index < -0.39 is 0 Å². The molecule has 0 saturated carbocycles. The van der Waals surface area contributed by atoms with Gasteiger partial charge in [-0.05, 0) is 12.1 Å². The van der Waals surface area contributed by atoms with E-state index in [-0.39, 0.29) is 19.8 Å². The Balaban J connectivity index is 0. The number of hydrogen-bond acceptors (Lipinski definition) is 6. The van der Waals surface area contributed by atoms with Crippen LogP contribution in [0.25, 0.3) is 0 Å². The molecule has 0 unspecified atom stereocenters. The molecule has 0 radical (unpaired) electrons. The lowest BCUT2D eigenvalue weighted by Gasteiger charge is -2.17. The smallest absolute Gasteiger partial charge is 0.115 e. The van der Waals surface area contributed by atoms with Gasteiger partial charge in [0, 0.05) is 19.6 Å². The van der Waals surface area contributed by atoms with E-state index in [1.807, 2.05) is 6.07 Å². The van der Waals surface area contributed by atoms with Gasteiger partial charge in [0.2, 0.25) is 0 Å². The van der Waals surface area contributed by atoms with Gasteiger partial charge in [0.1, 0.15) is 5.75 Å². The van der Waals surface area contributed by atoms with Crippen LogP contribution in [0.3, 0.4) is 0 Å². The average Bonchev–Trinajstić information content (AvgIpc) is 2.42. The lowest BCUT2D eigenvalue weighted by molar-refractivity contribution is 0.136. The summed E-state index contributed by atoms with van der Waals surface area (Å²) in [5.74, 6) is 0.322. The summed E-state index contributed by atoms with van der Waals surface area (Å²) in [6.07, 6.45) is 0.750. The van der Waals surface area contributed by atoms with Crippen LogP contribution < -0.4 is 0 Å². The van der Waals surface area contributed by atoms with E-state index in [9.17, 15) is 0 Å². The van der Waals surface area contributed by atoms with Crippen molar-refractivity contribution in [2.45, 2.75) is 0 Å². The standard InChI is InChI=1S/C6H15NO3.C6H6O.C2H4O/c8-4-1-7(2-5-9)3-6-10;7-6-4-2-1-3-5-6;1-2-3/h8-10H,1-6H2;1-5,7H;2-3H,1H2. The predicted molar refractivity (Wildman–Crippen MR) is 78.6 cm³/mol. The molecule has 6 nitrogen and oxygen atoms in total. The predicted octanol–water partition coefficient (Wildman–Crippen LogP) is 0.345. The van der Waals surface area contributed by atoms with Gasteiger partial charge in [-0.1, -0.05) is 24.8 Å².